The van der Waals surface area contributed by atoms with E-state index in [1.807, 2.05) is 0 Å². The maximum atomic E-state index is 2.35. The van der Waals surface area contributed by atoms with Gasteiger partial charge in [-0.3, -0.25) is 0 Å². The highest BCUT2D eigenvalue weighted by Gasteiger charge is 2.18. The van der Waals surface area contributed by atoms with E-state index in [0.717, 1.165) is 0 Å². The Balaban J connectivity index is 1.64. The summed E-state index contributed by atoms with van der Waals surface area (Å²) in [5, 5.41) is 10.3. The van der Waals surface area contributed by atoms with E-state index in [-0.39, 0.29) is 0 Å². The van der Waals surface area contributed by atoms with E-state index in [1.165, 1.54) is 70.9 Å². The molecule has 0 heteroatoms. The van der Waals surface area contributed by atoms with Crippen molar-refractivity contribution in [2.45, 2.75) is 6.92 Å². The fraction of sp³-hybridized carbons (Fsp3) is 0.0286. The van der Waals surface area contributed by atoms with E-state index in [1.54, 1.807) is 0 Å². The van der Waals surface area contributed by atoms with Gasteiger partial charge in [0, 0.05) is 0 Å². The Morgan fingerprint density at radius 1 is 0.371 bits per heavy atom. The van der Waals surface area contributed by atoms with Crippen LogP contribution in [0.4, 0.5) is 0 Å². The molecule has 0 saturated carbocycles. The molecule has 7 rings (SSSR count). The lowest BCUT2D eigenvalue weighted by molar-refractivity contribution is 1.53. The van der Waals surface area contributed by atoms with Gasteiger partial charge in [-0.25, -0.2) is 0 Å². The van der Waals surface area contributed by atoms with E-state index in [0.29, 0.717) is 0 Å². The van der Waals surface area contributed by atoms with Crippen LogP contribution < -0.4 is 0 Å². The molecule has 0 N–H and O–H groups in total. The van der Waals surface area contributed by atoms with E-state index in [9.17, 15) is 0 Å². The van der Waals surface area contributed by atoms with Crippen molar-refractivity contribution in [1.82, 2.24) is 0 Å². The second-order valence-corrected chi connectivity index (χ2v) is 9.42. The van der Waals surface area contributed by atoms with Crippen LogP contribution in [0.2, 0.25) is 0 Å². The third-order valence-electron chi connectivity index (χ3n) is 7.33. The highest BCUT2D eigenvalue weighted by atomic mass is 14.2. The van der Waals surface area contributed by atoms with Crippen molar-refractivity contribution in [3.8, 4) is 22.3 Å². The lowest BCUT2D eigenvalue weighted by atomic mass is 9.84. The maximum Gasteiger partial charge on any atom is -0.00235 e. The first-order chi connectivity index (χ1) is 17.3. The minimum Gasteiger partial charge on any atom is -0.0616 e. The van der Waals surface area contributed by atoms with Gasteiger partial charge in [-0.2, -0.15) is 0 Å². The summed E-state index contributed by atoms with van der Waals surface area (Å²) in [6.45, 7) is 2.24. The fourth-order valence-corrected chi connectivity index (χ4v) is 5.71. The smallest absolute Gasteiger partial charge is 0.00235 e. The van der Waals surface area contributed by atoms with Gasteiger partial charge < -0.3 is 0 Å². The molecule has 164 valence electrons. The number of rotatable bonds is 2. The van der Waals surface area contributed by atoms with Crippen LogP contribution in [0.3, 0.4) is 0 Å². The fourth-order valence-electron chi connectivity index (χ4n) is 5.71. The summed E-state index contributed by atoms with van der Waals surface area (Å²) >= 11 is 0. The highest BCUT2D eigenvalue weighted by Crippen LogP contribution is 2.45. The molecule has 0 spiro atoms. The van der Waals surface area contributed by atoms with Crippen LogP contribution in [0.1, 0.15) is 5.56 Å². The van der Waals surface area contributed by atoms with Crippen LogP contribution in [0.15, 0.2) is 127 Å². The average Bonchev–Trinajstić information content (AvgIpc) is 2.91. The minimum absolute atomic E-state index is 1.26. The molecule has 0 nitrogen and oxygen atoms in total. The number of hydrogen-bond donors (Lipinski definition) is 0. The number of benzene rings is 7. The summed E-state index contributed by atoms with van der Waals surface area (Å²) in [7, 11) is 0. The number of aryl methyl sites for hydroxylation is 1. The summed E-state index contributed by atoms with van der Waals surface area (Å²) in [4.78, 5) is 0. The molecule has 0 aliphatic carbocycles. The van der Waals surface area contributed by atoms with E-state index in [4.69, 9.17) is 0 Å². The minimum atomic E-state index is 1.26. The topological polar surface area (TPSA) is 0 Å². The normalized spacial score (nSPS) is 11.6. The number of hydrogen-bond acceptors (Lipinski definition) is 0. The number of fused-ring (bicyclic) bond motifs is 4. The Kier molecular flexibility index (Phi) is 4.47. The summed E-state index contributed by atoms with van der Waals surface area (Å²) in [5.74, 6) is 0. The van der Waals surface area contributed by atoms with Crippen LogP contribution in [-0.2, 0) is 0 Å². The van der Waals surface area contributed by atoms with Crippen molar-refractivity contribution in [2.75, 3.05) is 0 Å². The second-order valence-electron chi connectivity index (χ2n) is 9.42. The molecule has 7 aromatic rings. The first kappa shape index (κ1) is 20.0. The van der Waals surface area contributed by atoms with Gasteiger partial charge in [0.2, 0.25) is 0 Å². The maximum absolute atomic E-state index is 2.35. The predicted molar refractivity (Wildman–Crippen MR) is 152 cm³/mol. The lowest BCUT2D eigenvalue weighted by Crippen LogP contribution is -1.93. The van der Waals surface area contributed by atoms with Crippen LogP contribution >= 0.6 is 0 Å². The van der Waals surface area contributed by atoms with E-state index >= 15 is 0 Å². The third kappa shape index (κ3) is 3.15. The molecule has 0 aliphatic heterocycles. The molecule has 0 atom stereocenters. The van der Waals surface area contributed by atoms with Gasteiger partial charge in [0.25, 0.3) is 0 Å². The largest absolute Gasteiger partial charge is 0.0616 e. The molecule has 0 aliphatic rings. The zero-order valence-corrected chi connectivity index (χ0v) is 19.6. The second kappa shape index (κ2) is 7.82. The molecular weight excluding hydrogens is 420 g/mol. The monoisotopic (exact) mass is 444 g/mol. The van der Waals surface area contributed by atoms with Gasteiger partial charge in [-0.15, -0.1) is 0 Å². The predicted octanol–water partition coefficient (Wildman–Crippen LogP) is 9.94. The van der Waals surface area contributed by atoms with Crippen molar-refractivity contribution in [1.29, 1.82) is 0 Å². The Bertz CT molecular complexity index is 1910. The van der Waals surface area contributed by atoms with Crippen LogP contribution in [0.5, 0.6) is 0 Å². The quantitative estimate of drug-likeness (QED) is 0.233. The summed E-state index contributed by atoms with van der Waals surface area (Å²) < 4.78 is 0. The zero-order chi connectivity index (χ0) is 23.4. The molecule has 0 saturated heterocycles. The first-order valence-electron chi connectivity index (χ1n) is 12.2. The third-order valence-corrected chi connectivity index (χ3v) is 7.33. The van der Waals surface area contributed by atoms with Crippen LogP contribution in [0.25, 0.3) is 65.3 Å². The summed E-state index contributed by atoms with van der Waals surface area (Å²) in [6, 6.07) is 46.6. The van der Waals surface area contributed by atoms with Crippen LogP contribution in [-0.4, -0.2) is 0 Å². The first-order valence-corrected chi connectivity index (χ1v) is 12.2. The molecule has 0 unspecified atom stereocenters. The molecule has 35 heavy (non-hydrogen) atoms. The Morgan fingerprint density at radius 2 is 0.857 bits per heavy atom. The zero-order valence-electron chi connectivity index (χ0n) is 19.6. The Morgan fingerprint density at radius 3 is 1.49 bits per heavy atom. The van der Waals surface area contributed by atoms with Gasteiger partial charge in [-0.05, 0) is 90.0 Å². The van der Waals surface area contributed by atoms with Gasteiger partial charge in [-0.1, -0.05) is 115 Å². The summed E-state index contributed by atoms with van der Waals surface area (Å²) in [6.07, 6.45) is 0. The van der Waals surface area contributed by atoms with Crippen LogP contribution in [0, 0.1) is 6.92 Å². The van der Waals surface area contributed by atoms with Crippen molar-refractivity contribution in [3.05, 3.63) is 133 Å². The molecule has 0 radical (unpaired) electrons. The van der Waals surface area contributed by atoms with Gasteiger partial charge in [0.15, 0.2) is 0 Å². The summed E-state index contributed by atoms with van der Waals surface area (Å²) in [5.41, 5.74) is 6.47. The Labute approximate surface area is 205 Å². The lowest BCUT2D eigenvalue weighted by Gasteiger charge is -2.19. The van der Waals surface area contributed by atoms with Gasteiger partial charge in [0.05, 0.1) is 0 Å². The van der Waals surface area contributed by atoms with E-state index < -0.39 is 0 Å². The molecule has 0 aromatic heterocycles. The van der Waals surface area contributed by atoms with Gasteiger partial charge in [0.1, 0.15) is 0 Å². The SMILES string of the molecule is Cc1cccc2c(-c3ccc4ccccc4c3)c3ccccc3c(-c3ccc4ccccc4c3)c12. The van der Waals surface area contributed by atoms with E-state index in [2.05, 4.69) is 134 Å². The molecule has 0 heterocycles. The van der Waals surface area contributed by atoms with Crippen molar-refractivity contribution in [3.63, 3.8) is 0 Å². The average molecular weight is 445 g/mol. The standard InChI is InChI=1S/C35H24/c1-23-9-8-16-32-33(23)35(29-20-18-25-11-3-5-13-27(25)22-29)31-15-7-6-14-30(31)34(32)28-19-17-24-10-2-4-12-26(24)21-28/h2-22H,1H3. The molecule has 0 bridgehead atoms. The van der Waals surface area contributed by atoms with Crippen molar-refractivity contribution in [2.24, 2.45) is 0 Å². The Hall–Kier alpha value is -4.42. The van der Waals surface area contributed by atoms with Crippen molar-refractivity contribution >= 4 is 43.1 Å². The highest BCUT2D eigenvalue weighted by molar-refractivity contribution is 6.22. The molecule has 7 aromatic carbocycles. The molecule has 0 fully saturated rings. The molecule has 0 amide bonds. The van der Waals surface area contributed by atoms with Gasteiger partial charge >= 0.3 is 0 Å². The van der Waals surface area contributed by atoms with Crippen molar-refractivity contribution < 1.29 is 0 Å². The molecular formula is C35H24.